The van der Waals surface area contributed by atoms with Crippen LogP contribution in [-0.2, 0) is 5.41 Å². The van der Waals surface area contributed by atoms with Crippen LogP contribution in [0.25, 0.3) is 49.9 Å². The average Bonchev–Trinajstić information content (AvgIpc) is 3.74. The molecule has 9 aromatic carbocycles. The number of benzene rings is 9. The third-order valence-electron chi connectivity index (χ3n) is 14.0. The van der Waals surface area contributed by atoms with Gasteiger partial charge in [-0.2, -0.15) is 0 Å². The molecule has 8 heteroatoms. The molecule has 14 rings (SSSR count). The van der Waals surface area contributed by atoms with Gasteiger partial charge in [0, 0.05) is 57.2 Å². The first-order valence-electron chi connectivity index (χ1n) is 28.8. The number of ether oxygens (including phenoxy) is 3. The van der Waals surface area contributed by atoms with E-state index in [9.17, 15) is 5.48 Å². The minimum atomic E-state index is -0.569. The molecular formula is C64H47BN4O3. The van der Waals surface area contributed by atoms with Crippen LogP contribution in [0.3, 0.4) is 0 Å². The summed E-state index contributed by atoms with van der Waals surface area (Å²) < 4.78 is 112. The lowest BCUT2D eigenvalue weighted by atomic mass is 9.34. The summed E-state index contributed by atoms with van der Waals surface area (Å²) in [6.45, 7) is 6.18. The molecule has 3 aliphatic heterocycles. The average molecular weight is 941 g/mol. The maximum atomic E-state index is 9.23. The van der Waals surface area contributed by atoms with Crippen molar-refractivity contribution < 1.29 is 27.9 Å². The van der Waals surface area contributed by atoms with E-state index in [0.29, 0.717) is 51.6 Å². The summed E-state index contributed by atoms with van der Waals surface area (Å²) in [7, 11) is 0. The van der Waals surface area contributed by atoms with E-state index in [1.807, 2.05) is 108 Å². The van der Waals surface area contributed by atoms with Gasteiger partial charge in [-0.25, -0.2) is 4.98 Å². The van der Waals surface area contributed by atoms with E-state index in [-0.39, 0.29) is 40.0 Å². The van der Waals surface area contributed by atoms with Crippen molar-refractivity contribution in [3.05, 3.63) is 224 Å². The van der Waals surface area contributed by atoms with Crippen molar-refractivity contribution >= 4 is 67.7 Å². The van der Waals surface area contributed by atoms with Crippen molar-refractivity contribution in [1.29, 1.82) is 0 Å². The van der Waals surface area contributed by atoms with E-state index >= 15 is 0 Å². The van der Waals surface area contributed by atoms with Gasteiger partial charge in [-0.1, -0.05) is 154 Å². The van der Waals surface area contributed by atoms with Crippen molar-refractivity contribution in [2.45, 2.75) is 26.2 Å². The Balaban J connectivity index is 0.990. The Morgan fingerprint density at radius 3 is 1.96 bits per heavy atom. The van der Waals surface area contributed by atoms with Crippen LogP contribution in [0.15, 0.2) is 218 Å². The zero-order chi connectivity index (χ0) is 56.8. The molecule has 0 fully saturated rings. The molecule has 0 spiro atoms. The number of pyridine rings is 1. The third kappa shape index (κ3) is 6.70. The summed E-state index contributed by atoms with van der Waals surface area (Å²) in [5.74, 6) is 4.30. The van der Waals surface area contributed by atoms with Crippen LogP contribution in [0.2, 0.25) is 0 Å². The molecule has 7 nitrogen and oxygen atoms in total. The maximum Gasteiger partial charge on any atom is 0.265 e. The molecule has 5 heterocycles. The Hall–Kier alpha value is -9.01. The number of aromatic nitrogens is 2. The minimum absolute atomic E-state index is 0.0203. The Morgan fingerprint density at radius 1 is 0.569 bits per heavy atom. The van der Waals surface area contributed by atoms with E-state index in [1.54, 1.807) is 18.2 Å². The van der Waals surface area contributed by atoms with E-state index < -0.39 is 67.1 Å². The lowest BCUT2D eigenvalue weighted by molar-refractivity contribution is 0.456. The van der Waals surface area contributed by atoms with Gasteiger partial charge in [-0.3, -0.25) is 4.57 Å². The van der Waals surface area contributed by atoms with Gasteiger partial charge in [-0.15, -0.1) is 0 Å². The molecule has 0 saturated carbocycles. The first-order valence-corrected chi connectivity index (χ1v) is 23.8. The van der Waals surface area contributed by atoms with E-state index in [4.69, 9.17) is 27.4 Å². The van der Waals surface area contributed by atoms with E-state index in [0.717, 1.165) is 49.6 Å². The van der Waals surface area contributed by atoms with Crippen molar-refractivity contribution in [2.24, 2.45) is 0 Å². The van der Waals surface area contributed by atoms with Gasteiger partial charge < -0.3 is 24.0 Å². The molecule has 0 atom stereocenters. The molecule has 0 radical (unpaired) electrons. The molecule has 0 unspecified atom stereocenters. The fraction of sp³-hybridized carbons (Fsp3) is 0.0781. The van der Waals surface area contributed by atoms with Crippen molar-refractivity contribution in [2.75, 3.05) is 16.5 Å². The topological polar surface area (TPSA) is 52.0 Å². The van der Waals surface area contributed by atoms with Crippen LogP contribution in [0, 0.1) is 0 Å². The molecular weight excluding hydrogens is 884 g/mol. The number of fused-ring (bicyclic) bond motifs is 8. The Morgan fingerprint density at radius 2 is 1.21 bits per heavy atom. The van der Waals surface area contributed by atoms with E-state index in [1.165, 1.54) is 0 Å². The summed E-state index contributed by atoms with van der Waals surface area (Å²) in [6, 6.07) is 43.6. The zero-order valence-electron chi connectivity index (χ0n) is 49.3. The monoisotopic (exact) mass is 940 g/mol. The van der Waals surface area contributed by atoms with Gasteiger partial charge in [0.25, 0.3) is 6.71 Å². The summed E-state index contributed by atoms with van der Waals surface area (Å²) in [4.78, 5) is 8.88. The standard InChI is InChI=1S/C64H47BN4O3/c1-64(2,3)43-34-35-66-60(36-43)69-51-26-12-10-22-48(51)49-33-32-45(39-54(49)69)70-58-37-44(38-59-62(58)65-50-25-11-15-29-55(50)71-56-30-17-31-57(72-59)61(56)65)67-40-68(53-28-14-13-27-52(53)67)63-46(41-18-6-4-7-19-41)23-16-24-47(63)42-20-8-5-9-21-42/h4-39H,40H2,1-3H3/i4D,5D,6D,7D,8D,9D,18D,19D,20D,21D. The second-order valence-corrected chi connectivity index (χ2v) is 19.2. The largest absolute Gasteiger partial charge is 0.458 e. The minimum Gasteiger partial charge on any atom is -0.458 e. The highest BCUT2D eigenvalue weighted by Gasteiger charge is 2.43. The van der Waals surface area contributed by atoms with Gasteiger partial charge in [0.1, 0.15) is 47.0 Å². The number of hydrogen-bond donors (Lipinski definition) is 0. The lowest BCUT2D eigenvalue weighted by Crippen LogP contribution is -2.57. The Labute approximate surface area is 432 Å². The van der Waals surface area contributed by atoms with Crippen LogP contribution in [0.4, 0.5) is 22.7 Å². The highest BCUT2D eigenvalue weighted by molar-refractivity contribution is 6.98. The first-order chi connectivity index (χ1) is 39.5. The zero-order valence-corrected chi connectivity index (χ0v) is 39.3. The first kappa shape index (κ1) is 32.7. The Kier molecular flexibility index (Phi) is 7.41. The third-order valence-corrected chi connectivity index (χ3v) is 14.0. The normalized spacial score (nSPS) is 15.2. The predicted molar refractivity (Wildman–Crippen MR) is 294 cm³/mol. The number of anilines is 4. The SMILES string of the molecule is [2H]c1c([2H])c([2H])c(-c2cccc(-c3c([2H])c([2H])c([2H])c([2H])c3[2H])c2N2CN(c3cc(Oc4ccc5c6ccccc6n(-c6cc(C(C)(C)C)ccn6)c5c4)c4c(c3)Oc3cccc5c3B4c3ccccc3O5)c3ccccc32)c([2H])c1[2H]. The van der Waals surface area contributed by atoms with Gasteiger partial charge in [0.05, 0.1) is 47.5 Å². The molecule has 0 saturated heterocycles. The fourth-order valence-electron chi connectivity index (χ4n) is 10.7. The van der Waals surface area contributed by atoms with Gasteiger partial charge >= 0.3 is 0 Å². The van der Waals surface area contributed by atoms with Gasteiger partial charge in [0.15, 0.2) is 0 Å². The smallest absolute Gasteiger partial charge is 0.265 e. The fourth-order valence-corrected chi connectivity index (χ4v) is 10.7. The molecule has 0 N–H and O–H groups in total. The number of para-hydroxylation sites is 5. The van der Waals surface area contributed by atoms with Crippen LogP contribution in [-0.4, -0.2) is 22.9 Å². The van der Waals surface area contributed by atoms with Crippen LogP contribution in [0.5, 0.6) is 34.5 Å². The molecule has 0 amide bonds. The molecule has 3 aliphatic rings. The highest BCUT2D eigenvalue weighted by atomic mass is 16.5. The summed E-state index contributed by atoms with van der Waals surface area (Å²) in [6.07, 6.45) is 1.86. The molecule has 344 valence electrons. The quantitative estimate of drug-likeness (QED) is 0.148. The molecule has 72 heavy (non-hydrogen) atoms. The number of rotatable bonds is 7. The van der Waals surface area contributed by atoms with Gasteiger partial charge in [0.2, 0.25) is 0 Å². The maximum absolute atomic E-state index is 9.23. The number of nitrogens with zero attached hydrogens (tertiary/aromatic N) is 4. The van der Waals surface area contributed by atoms with E-state index in [2.05, 4.69) is 66.6 Å². The molecule has 0 bridgehead atoms. The van der Waals surface area contributed by atoms with Crippen LogP contribution >= 0.6 is 0 Å². The van der Waals surface area contributed by atoms with Crippen LogP contribution in [0.1, 0.15) is 40.0 Å². The summed E-state index contributed by atoms with van der Waals surface area (Å²) >= 11 is 0. The highest BCUT2D eigenvalue weighted by Crippen LogP contribution is 2.51. The van der Waals surface area contributed by atoms with Crippen molar-refractivity contribution in [3.8, 4) is 62.6 Å². The molecule has 0 aliphatic carbocycles. The van der Waals surface area contributed by atoms with Crippen molar-refractivity contribution in [1.82, 2.24) is 9.55 Å². The van der Waals surface area contributed by atoms with Crippen molar-refractivity contribution in [3.63, 3.8) is 0 Å². The van der Waals surface area contributed by atoms with Gasteiger partial charge in [-0.05, 0) is 88.2 Å². The lowest BCUT2D eigenvalue weighted by Gasteiger charge is -2.34. The second-order valence-electron chi connectivity index (χ2n) is 19.2. The van der Waals surface area contributed by atoms with Crippen LogP contribution < -0.4 is 40.4 Å². The number of hydrogen-bond acceptors (Lipinski definition) is 6. The molecule has 11 aromatic rings. The molecule has 2 aromatic heterocycles. The second kappa shape index (κ2) is 16.3. The predicted octanol–water partition coefficient (Wildman–Crippen LogP) is 14.6. The Bertz CT molecular complexity index is 4440. The summed E-state index contributed by atoms with van der Waals surface area (Å²) in [5.41, 5.74) is 7.77. The summed E-state index contributed by atoms with van der Waals surface area (Å²) in [5, 5.41) is 2.07.